The molecule has 1 aromatic rings. The van der Waals surface area contributed by atoms with Crippen molar-refractivity contribution in [1.29, 1.82) is 5.41 Å². The summed E-state index contributed by atoms with van der Waals surface area (Å²) in [4.78, 5) is 2.34. The number of nitrogens with one attached hydrogen (secondary N) is 1. The van der Waals surface area contributed by atoms with Gasteiger partial charge in [0.15, 0.2) is 0 Å². The molecule has 6 heteroatoms. The average Bonchev–Trinajstić information content (AvgIpc) is 2.62. The number of aromatic nitrogens is 2. The third-order valence-corrected chi connectivity index (χ3v) is 4.11. The molecule has 0 unspecified atom stereocenters. The Kier molecular flexibility index (Phi) is 6.68. The highest BCUT2D eigenvalue weighted by atomic mass is 79.9. The van der Waals surface area contributed by atoms with Crippen LogP contribution in [0.1, 0.15) is 38.6 Å². The van der Waals surface area contributed by atoms with Crippen LogP contribution in [0.15, 0.2) is 4.47 Å². The molecular formula is C14H26BrN5. The Morgan fingerprint density at radius 1 is 1.50 bits per heavy atom. The molecule has 0 aliphatic heterocycles. The summed E-state index contributed by atoms with van der Waals surface area (Å²) < 4.78 is 3.06. The van der Waals surface area contributed by atoms with Gasteiger partial charge in [-0.2, -0.15) is 5.10 Å². The molecule has 20 heavy (non-hydrogen) atoms. The van der Waals surface area contributed by atoms with E-state index in [2.05, 4.69) is 46.7 Å². The highest BCUT2D eigenvalue weighted by Crippen LogP contribution is 2.23. The molecule has 5 nitrogen and oxygen atoms in total. The van der Waals surface area contributed by atoms with E-state index in [1.54, 1.807) is 0 Å². The molecule has 0 atom stereocenters. The van der Waals surface area contributed by atoms with Crippen LogP contribution < -0.4 is 5.73 Å². The molecule has 0 amide bonds. The second-order valence-electron chi connectivity index (χ2n) is 5.59. The standard InChI is InChI=1S/C14H26BrN5/c1-5-11-14(15)12(19(4)18-11)9-20(8-10(2)3)7-6-13(16)17/h10H,5-9H2,1-4H3,(H3,16,17). The molecule has 0 saturated carbocycles. The van der Waals surface area contributed by atoms with Crippen molar-refractivity contribution >= 4 is 21.8 Å². The van der Waals surface area contributed by atoms with Crippen molar-refractivity contribution < 1.29 is 0 Å². The summed E-state index contributed by atoms with van der Waals surface area (Å²) >= 11 is 3.66. The maximum atomic E-state index is 7.39. The number of halogens is 1. The Labute approximate surface area is 130 Å². The van der Waals surface area contributed by atoms with Gasteiger partial charge in [-0.15, -0.1) is 0 Å². The second-order valence-corrected chi connectivity index (χ2v) is 6.38. The molecule has 3 N–H and O–H groups in total. The van der Waals surface area contributed by atoms with E-state index in [4.69, 9.17) is 11.1 Å². The van der Waals surface area contributed by atoms with Gasteiger partial charge in [-0.25, -0.2) is 0 Å². The van der Waals surface area contributed by atoms with E-state index in [1.165, 1.54) is 5.69 Å². The lowest BCUT2D eigenvalue weighted by molar-refractivity contribution is 0.236. The van der Waals surface area contributed by atoms with Crippen molar-refractivity contribution in [3.8, 4) is 0 Å². The van der Waals surface area contributed by atoms with Gasteiger partial charge in [-0.3, -0.25) is 15.0 Å². The van der Waals surface area contributed by atoms with Crippen LogP contribution >= 0.6 is 15.9 Å². The largest absolute Gasteiger partial charge is 0.388 e. The molecule has 0 fully saturated rings. The predicted molar refractivity (Wildman–Crippen MR) is 86.9 cm³/mol. The second kappa shape index (κ2) is 7.78. The minimum absolute atomic E-state index is 0.247. The monoisotopic (exact) mass is 343 g/mol. The zero-order valence-corrected chi connectivity index (χ0v) is 14.5. The molecular weight excluding hydrogens is 318 g/mol. The van der Waals surface area contributed by atoms with Crippen LogP contribution in [-0.4, -0.2) is 33.6 Å². The van der Waals surface area contributed by atoms with E-state index < -0.39 is 0 Å². The van der Waals surface area contributed by atoms with Gasteiger partial charge in [-0.05, 0) is 28.3 Å². The molecule has 1 heterocycles. The van der Waals surface area contributed by atoms with Crippen LogP contribution in [0.5, 0.6) is 0 Å². The van der Waals surface area contributed by atoms with Gasteiger partial charge in [0.2, 0.25) is 0 Å². The van der Waals surface area contributed by atoms with Crippen molar-refractivity contribution in [3.63, 3.8) is 0 Å². The quantitative estimate of drug-likeness (QED) is 0.562. The number of nitrogens with two attached hydrogens (primary N) is 1. The predicted octanol–water partition coefficient (Wildman–Crippen LogP) is 2.53. The highest BCUT2D eigenvalue weighted by Gasteiger charge is 2.16. The summed E-state index contributed by atoms with van der Waals surface area (Å²) in [6.07, 6.45) is 1.54. The normalized spacial score (nSPS) is 11.6. The van der Waals surface area contributed by atoms with Gasteiger partial charge in [0.25, 0.3) is 0 Å². The number of rotatable bonds is 8. The Bertz CT molecular complexity index is 453. The molecule has 0 spiro atoms. The molecule has 1 aromatic heterocycles. The van der Waals surface area contributed by atoms with Crippen LogP contribution in [0.25, 0.3) is 0 Å². The molecule has 0 aliphatic carbocycles. The van der Waals surface area contributed by atoms with Crippen molar-refractivity contribution in [3.05, 3.63) is 15.9 Å². The zero-order chi connectivity index (χ0) is 15.3. The SMILES string of the molecule is CCc1nn(C)c(CN(CCC(=N)N)CC(C)C)c1Br. The van der Waals surface area contributed by atoms with Gasteiger partial charge < -0.3 is 5.73 Å². The summed E-state index contributed by atoms with van der Waals surface area (Å²) in [5, 5.41) is 11.9. The number of hydrogen-bond acceptors (Lipinski definition) is 3. The van der Waals surface area contributed by atoms with Crippen molar-refractivity contribution in [2.45, 2.75) is 40.2 Å². The first-order valence-electron chi connectivity index (χ1n) is 7.10. The van der Waals surface area contributed by atoms with E-state index in [0.717, 1.165) is 36.2 Å². The first-order chi connectivity index (χ1) is 9.35. The molecule has 0 aliphatic rings. The lowest BCUT2D eigenvalue weighted by Gasteiger charge is -2.24. The highest BCUT2D eigenvalue weighted by molar-refractivity contribution is 9.10. The minimum Gasteiger partial charge on any atom is -0.388 e. The molecule has 0 radical (unpaired) electrons. The topological polar surface area (TPSA) is 70.9 Å². The van der Waals surface area contributed by atoms with E-state index in [0.29, 0.717) is 12.3 Å². The Hall–Kier alpha value is -0.880. The van der Waals surface area contributed by atoms with Gasteiger partial charge in [0.05, 0.1) is 21.7 Å². The number of amidine groups is 1. The van der Waals surface area contributed by atoms with Gasteiger partial charge in [0.1, 0.15) is 0 Å². The van der Waals surface area contributed by atoms with Gasteiger partial charge >= 0.3 is 0 Å². The summed E-state index contributed by atoms with van der Waals surface area (Å²) in [6.45, 7) is 9.15. The van der Waals surface area contributed by atoms with E-state index >= 15 is 0 Å². The fraction of sp³-hybridized carbons (Fsp3) is 0.714. The zero-order valence-electron chi connectivity index (χ0n) is 12.9. The third kappa shape index (κ3) is 4.90. The van der Waals surface area contributed by atoms with Crippen LogP contribution in [-0.2, 0) is 20.0 Å². The Morgan fingerprint density at radius 3 is 2.60 bits per heavy atom. The van der Waals surface area contributed by atoms with Gasteiger partial charge in [-0.1, -0.05) is 20.8 Å². The summed E-state index contributed by atoms with van der Waals surface area (Å²) in [6, 6.07) is 0. The van der Waals surface area contributed by atoms with Crippen LogP contribution in [0.2, 0.25) is 0 Å². The maximum absolute atomic E-state index is 7.39. The van der Waals surface area contributed by atoms with Crippen LogP contribution in [0.4, 0.5) is 0 Å². The fourth-order valence-corrected chi connectivity index (χ4v) is 2.97. The molecule has 0 aromatic carbocycles. The third-order valence-electron chi connectivity index (χ3n) is 3.20. The maximum Gasteiger partial charge on any atom is 0.0918 e. The lowest BCUT2D eigenvalue weighted by atomic mass is 10.2. The fourth-order valence-electron chi connectivity index (χ4n) is 2.23. The van der Waals surface area contributed by atoms with Gasteiger partial charge in [0, 0.05) is 33.1 Å². The van der Waals surface area contributed by atoms with Crippen molar-refractivity contribution in [2.75, 3.05) is 13.1 Å². The van der Waals surface area contributed by atoms with Crippen LogP contribution in [0, 0.1) is 11.3 Å². The first kappa shape index (κ1) is 17.2. The van der Waals surface area contributed by atoms with E-state index in [9.17, 15) is 0 Å². The van der Waals surface area contributed by atoms with Crippen LogP contribution in [0.3, 0.4) is 0 Å². The molecule has 1 rings (SSSR count). The molecule has 0 saturated heterocycles. The molecule has 114 valence electrons. The van der Waals surface area contributed by atoms with Crippen molar-refractivity contribution in [2.24, 2.45) is 18.7 Å². The smallest absolute Gasteiger partial charge is 0.0918 e. The molecule has 0 bridgehead atoms. The Morgan fingerprint density at radius 2 is 2.15 bits per heavy atom. The average molecular weight is 344 g/mol. The van der Waals surface area contributed by atoms with Crippen molar-refractivity contribution in [1.82, 2.24) is 14.7 Å². The summed E-state index contributed by atoms with van der Waals surface area (Å²) in [5.74, 6) is 0.830. The number of nitrogens with zero attached hydrogens (tertiary/aromatic N) is 3. The van der Waals surface area contributed by atoms with E-state index in [-0.39, 0.29) is 5.84 Å². The first-order valence-corrected chi connectivity index (χ1v) is 7.89. The lowest BCUT2D eigenvalue weighted by Crippen LogP contribution is -2.31. The number of hydrogen-bond donors (Lipinski definition) is 2. The Balaban J connectivity index is 2.82. The summed E-state index contributed by atoms with van der Waals surface area (Å²) in [5.41, 5.74) is 7.76. The summed E-state index contributed by atoms with van der Waals surface area (Å²) in [7, 11) is 1.98. The minimum atomic E-state index is 0.247. The van der Waals surface area contributed by atoms with E-state index in [1.807, 2.05) is 11.7 Å². The number of aryl methyl sites for hydroxylation is 2.